The summed E-state index contributed by atoms with van der Waals surface area (Å²) in [7, 11) is 0. The normalized spacial score (nSPS) is 13.1. The van der Waals surface area contributed by atoms with Gasteiger partial charge in [-0.05, 0) is 25.0 Å². The molecule has 0 aliphatic heterocycles. The number of hydrogen-bond acceptors (Lipinski definition) is 4. The molecule has 2 amide bonds. The van der Waals surface area contributed by atoms with Crippen molar-refractivity contribution >= 4 is 11.8 Å². The molecule has 0 spiro atoms. The lowest BCUT2D eigenvalue weighted by Gasteiger charge is -2.06. The fourth-order valence-electron chi connectivity index (χ4n) is 1.57. The van der Waals surface area contributed by atoms with Crippen LogP contribution < -0.4 is 10.6 Å². The van der Waals surface area contributed by atoms with Gasteiger partial charge in [0.2, 0.25) is 5.91 Å². The van der Waals surface area contributed by atoms with E-state index in [0.717, 1.165) is 12.8 Å². The van der Waals surface area contributed by atoms with Crippen molar-refractivity contribution in [3.63, 3.8) is 0 Å². The van der Waals surface area contributed by atoms with Gasteiger partial charge in [0, 0.05) is 12.2 Å². The minimum Gasteiger partial charge on any atom is -0.384 e. The third-order valence-electron chi connectivity index (χ3n) is 2.68. The SMILES string of the molecule is O=C(CNC(=O)c1ncccc1C#CCO)NC1CC1. The van der Waals surface area contributed by atoms with Crippen LogP contribution in [0.15, 0.2) is 18.3 Å². The highest BCUT2D eigenvalue weighted by Gasteiger charge is 2.23. The first kappa shape index (κ1) is 14.0. The lowest BCUT2D eigenvalue weighted by molar-refractivity contribution is -0.120. The first-order chi connectivity index (χ1) is 9.70. The molecule has 0 atom stereocenters. The van der Waals surface area contributed by atoms with Crippen LogP contribution in [0.3, 0.4) is 0 Å². The third kappa shape index (κ3) is 4.07. The molecule has 1 saturated carbocycles. The Morgan fingerprint density at radius 2 is 2.25 bits per heavy atom. The van der Waals surface area contributed by atoms with Crippen LogP contribution in [0.2, 0.25) is 0 Å². The van der Waals surface area contributed by atoms with E-state index in [-0.39, 0.29) is 30.8 Å². The largest absolute Gasteiger partial charge is 0.384 e. The number of rotatable bonds is 4. The van der Waals surface area contributed by atoms with Gasteiger partial charge in [-0.25, -0.2) is 4.98 Å². The van der Waals surface area contributed by atoms with Crippen LogP contribution in [0.4, 0.5) is 0 Å². The smallest absolute Gasteiger partial charge is 0.271 e. The number of carbonyl (C=O) groups excluding carboxylic acids is 2. The van der Waals surface area contributed by atoms with Crippen molar-refractivity contribution in [2.75, 3.05) is 13.2 Å². The molecule has 6 heteroatoms. The molecule has 1 aliphatic rings. The van der Waals surface area contributed by atoms with Crippen molar-refractivity contribution in [2.45, 2.75) is 18.9 Å². The molecule has 1 aliphatic carbocycles. The number of amides is 2. The second kappa shape index (κ2) is 6.68. The molecular formula is C14H15N3O3. The van der Waals surface area contributed by atoms with Gasteiger partial charge in [0.15, 0.2) is 0 Å². The van der Waals surface area contributed by atoms with Gasteiger partial charge in [0.25, 0.3) is 5.91 Å². The van der Waals surface area contributed by atoms with E-state index in [1.165, 1.54) is 6.20 Å². The van der Waals surface area contributed by atoms with Crippen LogP contribution in [0.5, 0.6) is 0 Å². The molecule has 1 fully saturated rings. The van der Waals surface area contributed by atoms with E-state index in [1.807, 2.05) is 0 Å². The maximum Gasteiger partial charge on any atom is 0.271 e. The Bertz CT molecular complexity index is 571. The van der Waals surface area contributed by atoms with Gasteiger partial charge in [0.1, 0.15) is 12.3 Å². The molecule has 6 nitrogen and oxygen atoms in total. The van der Waals surface area contributed by atoms with Crippen LogP contribution in [0, 0.1) is 11.8 Å². The van der Waals surface area contributed by atoms with Crippen molar-refractivity contribution in [1.29, 1.82) is 0 Å². The molecule has 0 radical (unpaired) electrons. The van der Waals surface area contributed by atoms with E-state index in [4.69, 9.17) is 5.11 Å². The zero-order valence-corrected chi connectivity index (χ0v) is 10.8. The topological polar surface area (TPSA) is 91.3 Å². The highest BCUT2D eigenvalue weighted by Crippen LogP contribution is 2.18. The summed E-state index contributed by atoms with van der Waals surface area (Å²) in [5, 5.41) is 14.0. The number of nitrogens with one attached hydrogen (secondary N) is 2. The van der Waals surface area contributed by atoms with Gasteiger partial charge in [-0.2, -0.15) is 0 Å². The average molecular weight is 273 g/mol. The molecule has 0 aromatic carbocycles. The molecule has 0 saturated heterocycles. The number of aromatic nitrogens is 1. The predicted octanol–water partition coefficient (Wildman–Crippen LogP) is -0.566. The minimum atomic E-state index is -0.459. The summed E-state index contributed by atoms with van der Waals surface area (Å²) in [6.07, 6.45) is 3.48. The van der Waals surface area contributed by atoms with Crippen molar-refractivity contribution in [1.82, 2.24) is 15.6 Å². The summed E-state index contributed by atoms with van der Waals surface area (Å²) in [5.41, 5.74) is 0.564. The van der Waals surface area contributed by atoms with Crippen LogP contribution in [-0.2, 0) is 4.79 Å². The number of aliphatic hydroxyl groups is 1. The molecule has 3 N–H and O–H groups in total. The summed E-state index contributed by atoms with van der Waals surface area (Å²) in [5.74, 6) is 4.45. The zero-order chi connectivity index (χ0) is 14.4. The van der Waals surface area contributed by atoms with Gasteiger partial charge in [-0.1, -0.05) is 11.8 Å². The van der Waals surface area contributed by atoms with Crippen LogP contribution in [0.25, 0.3) is 0 Å². The number of carbonyl (C=O) groups is 2. The Hall–Kier alpha value is -2.39. The van der Waals surface area contributed by atoms with E-state index in [0.29, 0.717) is 5.56 Å². The van der Waals surface area contributed by atoms with E-state index in [2.05, 4.69) is 27.5 Å². The predicted molar refractivity (Wildman–Crippen MR) is 71.7 cm³/mol. The Kier molecular flexibility index (Phi) is 4.69. The molecule has 1 aromatic heterocycles. The highest BCUT2D eigenvalue weighted by molar-refractivity contribution is 5.96. The maximum atomic E-state index is 12.0. The maximum absolute atomic E-state index is 12.0. The first-order valence-corrected chi connectivity index (χ1v) is 6.33. The summed E-state index contributed by atoms with van der Waals surface area (Å²) >= 11 is 0. The second-order valence-electron chi connectivity index (χ2n) is 4.38. The minimum absolute atomic E-state index is 0.0845. The standard InChI is InChI=1S/C14H15N3O3/c18-8-2-4-10-3-1-7-15-13(10)14(20)16-9-12(19)17-11-5-6-11/h1,3,7,11,18H,5-6,8-9H2,(H,16,20)(H,17,19). The first-order valence-electron chi connectivity index (χ1n) is 6.33. The van der Waals surface area contributed by atoms with Crippen molar-refractivity contribution in [3.05, 3.63) is 29.6 Å². The van der Waals surface area contributed by atoms with Crippen LogP contribution in [0.1, 0.15) is 28.9 Å². The number of hydrogen-bond donors (Lipinski definition) is 3. The number of pyridine rings is 1. The van der Waals surface area contributed by atoms with Gasteiger partial charge in [-0.15, -0.1) is 0 Å². The lowest BCUT2D eigenvalue weighted by atomic mass is 10.2. The fraction of sp³-hybridized carbons (Fsp3) is 0.357. The molecule has 2 rings (SSSR count). The molecule has 1 heterocycles. The average Bonchev–Trinajstić information content (AvgIpc) is 3.26. The molecular weight excluding hydrogens is 258 g/mol. The summed E-state index contributed by atoms with van der Waals surface area (Å²) < 4.78 is 0. The monoisotopic (exact) mass is 273 g/mol. The molecule has 0 bridgehead atoms. The van der Waals surface area contributed by atoms with Crippen molar-refractivity contribution < 1.29 is 14.7 Å². The summed E-state index contributed by atoms with van der Waals surface area (Å²) in [6, 6.07) is 3.55. The Balaban J connectivity index is 1.95. The van der Waals surface area contributed by atoms with E-state index in [9.17, 15) is 9.59 Å². The quantitative estimate of drug-likeness (QED) is 0.641. The summed E-state index contributed by atoms with van der Waals surface area (Å²) in [4.78, 5) is 27.4. The van der Waals surface area contributed by atoms with E-state index in [1.54, 1.807) is 12.1 Å². The van der Waals surface area contributed by atoms with Crippen molar-refractivity contribution in [3.8, 4) is 11.8 Å². The molecule has 104 valence electrons. The highest BCUT2D eigenvalue weighted by atomic mass is 16.2. The molecule has 1 aromatic rings. The number of aliphatic hydroxyl groups excluding tert-OH is 1. The van der Waals surface area contributed by atoms with Gasteiger partial charge in [0.05, 0.1) is 12.1 Å². The van der Waals surface area contributed by atoms with Gasteiger partial charge < -0.3 is 15.7 Å². The Morgan fingerprint density at radius 1 is 1.45 bits per heavy atom. The van der Waals surface area contributed by atoms with Gasteiger partial charge >= 0.3 is 0 Å². The van der Waals surface area contributed by atoms with Crippen LogP contribution >= 0.6 is 0 Å². The van der Waals surface area contributed by atoms with Crippen molar-refractivity contribution in [2.24, 2.45) is 0 Å². The molecule has 20 heavy (non-hydrogen) atoms. The Morgan fingerprint density at radius 3 is 2.95 bits per heavy atom. The molecule has 0 unspecified atom stereocenters. The summed E-state index contributed by atoms with van der Waals surface area (Å²) in [6.45, 7) is -0.376. The van der Waals surface area contributed by atoms with E-state index < -0.39 is 5.91 Å². The lowest BCUT2D eigenvalue weighted by Crippen LogP contribution is -2.38. The van der Waals surface area contributed by atoms with Crippen LogP contribution in [-0.4, -0.2) is 41.1 Å². The zero-order valence-electron chi connectivity index (χ0n) is 10.8. The third-order valence-corrected chi connectivity index (χ3v) is 2.68. The second-order valence-corrected chi connectivity index (χ2v) is 4.38. The fourth-order valence-corrected chi connectivity index (χ4v) is 1.57. The van der Waals surface area contributed by atoms with Gasteiger partial charge in [-0.3, -0.25) is 9.59 Å². The Labute approximate surface area is 116 Å². The van der Waals surface area contributed by atoms with E-state index >= 15 is 0 Å². The number of nitrogens with zero attached hydrogens (tertiary/aromatic N) is 1.